The normalized spacial score (nSPS) is 11.2. The van der Waals surface area contributed by atoms with Crippen LogP contribution in [0.4, 0.5) is 18.9 Å². The molecular formula is C11H14F3N3O3. The lowest BCUT2D eigenvalue weighted by Gasteiger charge is -2.14. The number of halogens is 3. The molecule has 112 valence electrons. The Morgan fingerprint density at radius 3 is 2.55 bits per heavy atom. The van der Waals surface area contributed by atoms with Crippen molar-refractivity contribution in [3.05, 3.63) is 17.5 Å². The van der Waals surface area contributed by atoms with Crippen LogP contribution in [-0.4, -0.2) is 23.9 Å². The van der Waals surface area contributed by atoms with Gasteiger partial charge in [0.15, 0.2) is 5.75 Å². The summed E-state index contributed by atoms with van der Waals surface area (Å²) in [5, 5.41) is 0. The molecular weight excluding hydrogens is 279 g/mol. The van der Waals surface area contributed by atoms with Gasteiger partial charge < -0.3 is 20.9 Å². The number of alkyl halides is 3. The number of rotatable bonds is 5. The summed E-state index contributed by atoms with van der Waals surface area (Å²) in [7, 11) is 0. The standard InChI is InChI=1S/C11H14F3N3O3/c1-2-19-10(18)4-7-6(16)3-9(8(5-15)17-7)20-11(12,13)14/h3H,2,4-5,15-16H2,1H3. The summed E-state index contributed by atoms with van der Waals surface area (Å²) in [6.07, 6.45) is -5.13. The molecule has 0 bridgehead atoms. The number of hydrogen-bond donors (Lipinski definition) is 2. The number of esters is 1. The molecule has 0 saturated carbocycles. The molecule has 1 heterocycles. The van der Waals surface area contributed by atoms with Crippen molar-refractivity contribution in [1.29, 1.82) is 0 Å². The molecule has 0 atom stereocenters. The van der Waals surface area contributed by atoms with Crippen LogP contribution < -0.4 is 16.2 Å². The third-order valence-electron chi connectivity index (χ3n) is 2.21. The Morgan fingerprint density at radius 2 is 2.05 bits per heavy atom. The maximum Gasteiger partial charge on any atom is 0.573 e. The molecule has 0 radical (unpaired) electrons. The van der Waals surface area contributed by atoms with E-state index in [1.807, 2.05) is 0 Å². The predicted octanol–water partition coefficient (Wildman–Crippen LogP) is 1.13. The molecule has 0 aromatic carbocycles. The Labute approximate surface area is 112 Å². The highest BCUT2D eigenvalue weighted by molar-refractivity contribution is 5.74. The number of carbonyl (C=O) groups is 1. The van der Waals surface area contributed by atoms with Crippen LogP contribution >= 0.6 is 0 Å². The molecule has 1 aromatic heterocycles. The lowest BCUT2D eigenvalue weighted by atomic mass is 10.2. The van der Waals surface area contributed by atoms with Crippen molar-refractivity contribution in [3.63, 3.8) is 0 Å². The van der Waals surface area contributed by atoms with Gasteiger partial charge in [-0.25, -0.2) is 4.98 Å². The zero-order valence-corrected chi connectivity index (χ0v) is 10.7. The number of nitrogens with two attached hydrogens (primary N) is 2. The van der Waals surface area contributed by atoms with Crippen LogP contribution in [0.1, 0.15) is 18.3 Å². The second kappa shape index (κ2) is 6.42. The van der Waals surface area contributed by atoms with Gasteiger partial charge in [-0.05, 0) is 6.92 Å². The minimum absolute atomic E-state index is 0.0958. The molecule has 9 heteroatoms. The molecule has 0 aliphatic carbocycles. The first-order valence-electron chi connectivity index (χ1n) is 5.66. The molecule has 1 aromatic rings. The lowest BCUT2D eigenvalue weighted by Crippen LogP contribution is -2.20. The van der Waals surface area contributed by atoms with Crippen LogP contribution in [0, 0.1) is 0 Å². The molecule has 1 rings (SSSR count). The van der Waals surface area contributed by atoms with Gasteiger partial charge in [0, 0.05) is 12.6 Å². The average molecular weight is 293 g/mol. The third-order valence-corrected chi connectivity index (χ3v) is 2.21. The first-order chi connectivity index (χ1) is 9.26. The van der Waals surface area contributed by atoms with E-state index in [-0.39, 0.29) is 36.6 Å². The first kappa shape index (κ1) is 16.0. The zero-order valence-electron chi connectivity index (χ0n) is 10.7. The highest BCUT2D eigenvalue weighted by Gasteiger charge is 2.32. The zero-order chi connectivity index (χ0) is 15.3. The average Bonchev–Trinajstić information content (AvgIpc) is 2.31. The van der Waals surface area contributed by atoms with Gasteiger partial charge in [0.05, 0.1) is 30.1 Å². The van der Waals surface area contributed by atoms with Crippen molar-refractivity contribution < 1.29 is 27.4 Å². The summed E-state index contributed by atoms with van der Waals surface area (Å²) >= 11 is 0. The minimum Gasteiger partial charge on any atom is -0.466 e. The molecule has 0 spiro atoms. The van der Waals surface area contributed by atoms with E-state index in [0.29, 0.717) is 0 Å². The second-order valence-corrected chi connectivity index (χ2v) is 3.70. The monoisotopic (exact) mass is 293 g/mol. The van der Waals surface area contributed by atoms with E-state index in [1.54, 1.807) is 6.92 Å². The molecule has 0 unspecified atom stereocenters. The quantitative estimate of drug-likeness (QED) is 0.789. The van der Waals surface area contributed by atoms with E-state index in [9.17, 15) is 18.0 Å². The molecule has 0 aliphatic rings. The lowest BCUT2D eigenvalue weighted by molar-refractivity contribution is -0.275. The highest BCUT2D eigenvalue weighted by atomic mass is 19.4. The number of nitrogens with zero attached hydrogens (tertiary/aromatic N) is 1. The fourth-order valence-corrected chi connectivity index (χ4v) is 1.44. The Bertz CT molecular complexity index is 492. The van der Waals surface area contributed by atoms with Crippen molar-refractivity contribution in [1.82, 2.24) is 4.98 Å². The molecule has 0 fully saturated rings. The summed E-state index contributed by atoms with van der Waals surface area (Å²) in [5.41, 5.74) is 10.7. The molecule has 0 amide bonds. The molecule has 4 N–H and O–H groups in total. The maximum absolute atomic E-state index is 12.2. The van der Waals surface area contributed by atoms with Crippen molar-refractivity contribution >= 4 is 11.7 Å². The number of carbonyl (C=O) groups excluding carboxylic acids is 1. The van der Waals surface area contributed by atoms with Gasteiger partial charge in [-0.15, -0.1) is 13.2 Å². The van der Waals surface area contributed by atoms with Crippen LogP contribution in [0.5, 0.6) is 5.75 Å². The Morgan fingerprint density at radius 1 is 1.40 bits per heavy atom. The molecule has 20 heavy (non-hydrogen) atoms. The van der Waals surface area contributed by atoms with E-state index < -0.39 is 18.1 Å². The largest absolute Gasteiger partial charge is 0.573 e. The first-order valence-corrected chi connectivity index (χ1v) is 5.66. The number of pyridine rings is 1. The SMILES string of the molecule is CCOC(=O)Cc1nc(CN)c(OC(F)(F)F)cc1N. The van der Waals surface area contributed by atoms with Gasteiger partial charge in [0.1, 0.15) is 0 Å². The smallest absolute Gasteiger partial charge is 0.466 e. The number of nitrogen functional groups attached to an aromatic ring is 1. The van der Waals surface area contributed by atoms with Gasteiger partial charge in [-0.2, -0.15) is 0 Å². The Kier molecular flexibility index (Phi) is 5.14. The van der Waals surface area contributed by atoms with Crippen LogP contribution in [0.25, 0.3) is 0 Å². The van der Waals surface area contributed by atoms with E-state index in [4.69, 9.17) is 16.2 Å². The van der Waals surface area contributed by atoms with Crippen molar-refractivity contribution in [3.8, 4) is 5.75 Å². The minimum atomic E-state index is -4.87. The number of hydrogen-bond acceptors (Lipinski definition) is 6. The van der Waals surface area contributed by atoms with Crippen molar-refractivity contribution in [2.24, 2.45) is 5.73 Å². The number of aromatic nitrogens is 1. The van der Waals surface area contributed by atoms with Gasteiger partial charge in [-0.3, -0.25) is 4.79 Å². The Hall–Kier alpha value is -2.03. The topological polar surface area (TPSA) is 100 Å². The van der Waals surface area contributed by atoms with Gasteiger partial charge >= 0.3 is 12.3 Å². The van der Waals surface area contributed by atoms with Crippen molar-refractivity contribution in [2.45, 2.75) is 26.3 Å². The van der Waals surface area contributed by atoms with Crippen LogP contribution in [0.15, 0.2) is 6.07 Å². The third kappa shape index (κ3) is 4.57. The summed E-state index contributed by atoms with van der Waals surface area (Å²) in [6.45, 7) is 1.51. The number of anilines is 1. The number of ether oxygens (including phenoxy) is 2. The molecule has 0 aliphatic heterocycles. The van der Waals surface area contributed by atoms with Gasteiger partial charge in [-0.1, -0.05) is 0 Å². The van der Waals surface area contributed by atoms with E-state index in [1.165, 1.54) is 0 Å². The fourth-order valence-electron chi connectivity index (χ4n) is 1.44. The van der Waals surface area contributed by atoms with Crippen LogP contribution in [-0.2, 0) is 22.5 Å². The summed E-state index contributed by atoms with van der Waals surface area (Å²) in [4.78, 5) is 15.1. The van der Waals surface area contributed by atoms with E-state index in [0.717, 1.165) is 6.07 Å². The predicted molar refractivity (Wildman–Crippen MR) is 63.6 cm³/mol. The summed E-state index contributed by atoms with van der Waals surface area (Å²) < 4.78 is 45.1. The summed E-state index contributed by atoms with van der Waals surface area (Å²) in [5.74, 6) is -1.16. The van der Waals surface area contributed by atoms with E-state index >= 15 is 0 Å². The van der Waals surface area contributed by atoms with Crippen LogP contribution in [0.2, 0.25) is 0 Å². The summed E-state index contributed by atoms with van der Waals surface area (Å²) in [6, 6.07) is 0.942. The highest BCUT2D eigenvalue weighted by Crippen LogP contribution is 2.28. The van der Waals surface area contributed by atoms with Gasteiger partial charge in [0.2, 0.25) is 0 Å². The second-order valence-electron chi connectivity index (χ2n) is 3.70. The Balaban J connectivity index is 3.03. The molecule has 0 saturated heterocycles. The van der Waals surface area contributed by atoms with Crippen LogP contribution in [0.3, 0.4) is 0 Å². The maximum atomic E-state index is 12.2. The van der Waals surface area contributed by atoms with E-state index in [2.05, 4.69) is 9.72 Å². The van der Waals surface area contributed by atoms with Gasteiger partial charge in [0.25, 0.3) is 0 Å². The molecule has 6 nitrogen and oxygen atoms in total. The van der Waals surface area contributed by atoms with Crippen molar-refractivity contribution in [2.75, 3.05) is 12.3 Å². The fraction of sp³-hybridized carbons (Fsp3) is 0.455.